The number of hydrogen-bond donors (Lipinski definition) is 1. The largest absolute Gasteiger partial charge is 0.474 e. The maximum Gasteiger partial charge on any atom is 0.232 e. The van der Waals surface area contributed by atoms with Gasteiger partial charge in [-0.25, -0.2) is 9.97 Å². The Morgan fingerprint density at radius 2 is 2.00 bits per heavy atom. The SMILES string of the molecule is CC(C)CC(C)Oc1cnc(N)cn1. The van der Waals surface area contributed by atoms with Gasteiger partial charge in [0.25, 0.3) is 0 Å². The first kappa shape index (κ1) is 10.8. The van der Waals surface area contributed by atoms with Crippen LogP contribution in [0.15, 0.2) is 12.4 Å². The van der Waals surface area contributed by atoms with Crippen LogP contribution in [0, 0.1) is 5.92 Å². The summed E-state index contributed by atoms with van der Waals surface area (Å²) in [7, 11) is 0. The molecule has 1 unspecified atom stereocenters. The molecule has 0 aliphatic carbocycles. The van der Waals surface area contributed by atoms with Gasteiger partial charge >= 0.3 is 0 Å². The van der Waals surface area contributed by atoms with Crippen molar-refractivity contribution in [3.8, 4) is 5.88 Å². The van der Waals surface area contributed by atoms with E-state index in [2.05, 4.69) is 23.8 Å². The Hall–Kier alpha value is -1.32. The summed E-state index contributed by atoms with van der Waals surface area (Å²) in [5.41, 5.74) is 5.41. The maximum absolute atomic E-state index is 5.55. The lowest BCUT2D eigenvalue weighted by Crippen LogP contribution is -2.15. The first-order valence-electron chi connectivity index (χ1n) is 4.82. The van der Waals surface area contributed by atoms with E-state index in [4.69, 9.17) is 10.5 Å². The van der Waals surface area contributed by atoms with Crippen molar-refractivity contribution in [3.63, 3.8) is 0 Å². The van der Waals surface area contributed by atoms with Crippen LogP contribution >= 0.6 is 0 Å². The lowest BCUT2D eigenvalue weighted by molar-refractivity contribution is 0.185. The molecule has 0 aliphatic rings. The summed E-state index contributed by atoms with van der Waals surface area (Å²) in [6.45, 7) is 6.35. The average molecular weight is 195 g/mol. The Morgan fingerprint density at radius 1 is 1.29 bits per heavy atom. The monoisotopic (exact) mass is 195 g/mol. The fourth-order valence-corrected chi connectivity index (χ4v) is 1.31. The highest BCUT2D eigenvalue weighted by Crippen LogP contribution is 2.12. The first-order chi connectivity index (χ1) is 6.58. The Kier molecular flexibility index (Phi) is 3.68. The highest BCUT2D eigenvalue weighted by molar-refractivity contribution is 5.24. The Labute approximate surface area is 84.5 Å². The summed E-state index contributed by atoms with van der Waals surface area (Å²) in [5, 5.41) is 0. The third-order valence-corrected chi connectivity index (χ3v) is 1.77. The van der Waals surface area contributed by atoms with Gasteiger partial charge in [0, 0.05) is 0 Å². The molecule has 78 valence electrons. The molecule has 1 aromatic heterocycles. The van der Waals surface area contributed by atoms with Crippen molar-refractivity contribution in [1.82, 2.24) is 9.97 Å². The average Bonchev–Trinajstić information content (AvgIpc) is 2.07. The van der Waals surface area contributed by atoms with Gasteiger partial charge in [0.1, 0.15) is 5.82 Å². The van der Waals surface area contributed by atoms with E-state index in [1.165, 1.54) is 6.20 Å². The topological polar surface area (TPSA) is 61.0 Å². The molecular weight excluding hydrogens is 178 g/mol. The van der Waals surface area contributed by atoms with Crippen LogP contribution in [0.4, 0.5) is 5.82 Å². The van der Waals surface area contributed by atoms with Gasteiger partial charge in [-0.15, -0.1) is 0 Å². The van der Waals surface area contributed by atoms with Gasteiger partial charge in [-0.1, -0.05) is 13.8 Å². The van der Waals surface area contributed by atoms with Crippen molar-refractivity contribution in [3.05, 3.63) is 12.4 Å². The number of ether oxygens (including phenoxy) is 1. The van der Waals surface area contributed by atoms with Gasteiger partial charge in [-0.3, -0.25) is 0 Å². The number of nitrogens with two attached hydrogens (primary N) is 1. The van der Waals surface area contributed by atoms with Crippen molar-refractivity contribution in [2.45, 2.75) is 33.3 Å². The molecule has 0 radical (unpaired) electrons. The minimum Gasteiger partial charge on any atom is -0.474 e. The zero-order valence-corrected chi connectivity index (χ0v) is 8.90. The Balaban J connectivity index is 2.47. The predicted octanol–water partition coefficient (Wildman–Crippen LogP) is 1.87. The van der Waals surface area contributed by atoms with Crippen LogP contribution in [-0.4, -0.2) is 16.1 Å². The second-order valence-electron chi connectivity index (χ2n) is 3.84. The fourth-order valence-electron chi connectivity index (χ4n) is 1.31. The number of hydrogen-bond acceptors (Lipinski definition) is 4. The van der Waals surface area contributed by atoms with Crippen LogP contribution in [0.25, 0.3) is 0 Å². The molecule has 1 aromatic rings. The summed E-state index contributed by atoms with van der Waals surface area (Å²) < 4.78 is 5.55. The second kappa shape index (κ2) is 4.79. The molecule has 1 rings (SSSR count). The molecule has 0 amide bonds. The molecule has 0 spiro atoms. The summed E-state index contributed by atoms with van der Waals surface area (Å²) in [6, 6.07) is 0. The van der Waals surface area contributed by atoms with Gasteiger partial charge < -0.3 is 10.5 Å². The van der Waals surface area contributed by atoms with Gasteiger partial charge in [0.05, 0.1) is 18.5 Å². The van der Waals surface area contributed by atoms with E-state index in [9.17, 15) is 0 Å². The normalized spacial score (nSPS) is 12.9. The minimum atomic E-state index is 0.160. The number of anilines is 1. The molecule has 0 fully saturated rings. The molecule has 0 bridgehead atoms. The number of nitrogens with zero attached hydrogens (tertiary/aromatic N) is 2. The van der Waals surface area contributed by atoms with E-state index in [0.717, 1.165) is 6.42 Å². The summed E-state index contributed by atoms with van der Waals surface area (Å²) in [5.74, 6) is 1.56. The van der Waals surface area contributed by atoms with Crippen molar-refractivity contribution in [1.29, 1.82) is 0 Å². The van der Waals surface area contributed by atoms with Gasteiger partial charge in [0.2, 0.25) is 5.88 Å². The third kappa shape index (κ3) is 3.60. The van der Waals surface area contributed by atoms with Crippen LogP contribution in [-0.2, 0) is 0 Å². The predicted molar refractivity (Wildman–Crippen MR) is 56.0 cm³/mol. The van der Waals surface area contributed by atoms with Gasteiger partial charge in [-0.2, -0.15) is 0 Å². The fraction of sp³-hybridized carbons (Fsp3) is 0.600. The molecular formula is C10H17N3O. The van der Waals surface area contributed by atoms with Crippen molar-refractivity contribution >= 4 is 5.82 Å². The molecule has 4 heteroatoms. The molecule has 0 saturated carbocycles. The molecule has 0 aromatic carbocycles. The van der Waals surface area contributed by atoms with Crippen LogP contribution in [0.2, 0.25) is 0 Å². The summed E-state index contributed by atoms with van der Waals surface area (Å²) in [4.78, 5) is 7.92. The van der Waals surface area contributed by atoms with Crippen molar-refractivity contribution in [2.24, 2.45) is 5.92 Å². The van der Waals surface area contributed by atoms with Crippen molar-refractivity contribution < 1.29 is 4.74 Å². The third-order valence-electron chi connectivity index (χ3n) is 1.77. The van der Waals surface area contributed by atoms with Crippen LogP contribution in [0.1, 0.15) is 27.2 Å². The molecule has 0 saturated heterocycles. The zero-order valence-electron chi connectivity index (χ0n) is 8.90. The summed E-state index contributed by atoms with van der Waals surface area (Å²) in [6.07, 6.45) is 4.21. The molecule has 0 aliphatic heterocycles. The lowest BCUT2D eigenvalue weighted by Gasteiger charge is -2.15. The molecule has 2 N–H and O–H groups in total. The number of nitrogen functional groups attached to an aromatic ring is 1. The van der Waals surface area contributed by atoms with Crippen LogP contribution < -0.4 is 10.5 Å². The molecule has 1 heterocycles. The van der Waals surface area contributed by atoms with E-state index >= 15 is 0 Å². The second-order valence-corrected chi connectivity index (χ2v) is 3.84. The van der Waals surface area contributed by atoms with E-state index in [-0.39, 0.29) is 6.10 Å². The lowest BCUT2D eigenvalue weighted by atomic mass is 10.1. The molecule has 1 atom stereocenters. The van der Waals surface area contributed by atoms with E-state index < -0.39 is 0 Å². The summed E-state index contributed by atoms with van der Waals surface area (Å²) >= 11 is 0. The smallest absolute Gasteiger partial charge is 0.232 e. The van der Waals surface area contributed by atoms with Crippen LogP contribution in [0.5, 0.6) is 5.88 Å². The maximum atomic E-state index is 5.55. The van der Waals surface area contributed by atoms with Crippen molar-refractivity contribution in [2.75, 3.05) is 5.73 Å². The minimum absolute atomic E-state index is 0.160. The Morgan fingerprint density at radius 3 is 2.50 bits per heavy atom. The molecule has 4 nitrogen and oxygen atoms in total. The standard InChI is InChI=1S/C10H17N3O/c1-7(2)4-8(3)14-10-6-12-9(11)5-13-10/h5-8H,4H2,1-3H3,(H2,11,12). The number of aromatic nitrogens is 2. The van der Waals surface area contributed by atoms with Gasteiger partial charge in [0.15, 0.2) is 0 Å². The van der Waals surface area contributed by atoms with E-state index in [1.807, 2.05) is 6.92 Å². The highest BCUT2D eigenvalue weighted by atomic mass is 16.5. The first-order valence-corrected chi connectivity index (χ1v) is 4.82. The number of rotatable bonds is 4. The van der Waals surface area contributed by atoms with E-state index in [1.54, 1.807) is 6.20 Å². The Bertz CT molecular complexity index is 271. The van der Waals surface area contributed by atoms with Gasteiger partial charge in [-0.05, 0) is 19.3 Å². The van der Waals surface area contributed by atoms with E-state index in [0.29, 0.717) is 17.6 Å². The quantitative estimate of drug-likeness (QED) is 0.796. The molecule has 14 heavy (non-hydrogen) atoms. The van der Waals surface area contributed by atoms with Crippen LogP contribution in [0.3, 0.4) is 0 Å². The highest BCUT2D eigenvalue weighted by Gasteiger charge is 2.07. The zero-order chi connectivity index (χ0) is 10.6.